The van der Waals surface area contributed by atoms with E-state index in [1.165, 1.54) is 0 Å². The van der Waals surface area contributed by atoms with Gasteiger partial charge >= 0.3 is 0 Å². The summed E-state index contributed by atoms with van der Waals surface area (Å²) in [5.74, 6) is 0.693. The van der Waals surface area contributed by atoms with Gasteiger partial charge in [0.05, 0.1) is 18.6 Å². The molecular weight excluding hydrogens is 342 g/mol. The maximum Gasteiger partial charge on any atom is 0.230 e. The minimum absolute atomic E-state index is 0.0670. The molecule has 27 heavy (non-hydrogen) atoms. The first-order valence-corrected chi connectivity index (χ1v) is 9.30. The third kappa shape index (κ3) is 4.31. The van der Waals surface area contributed by atoms with Crippen molar-refractivity contribution in [2.24, 2.45) is 0 Å². The van der Waals surface area contributed by atoms with E-state index in [-0.39, 0.29) is 12.5 Å². The molecule has 5 nitrogen and oxygen atoms in total. The standard InChI is InChI=1S/C22H27NO4/c1-16-4-3-5-17(14-16)20(24)15-23-21(25)22(10-12-27-13-11-22)18-6-8-19(26-2)9-7-18/h3-9,14,20,24H,10-13,15H2,1-2H3,(H,23,25). The van der Waals surface area contributed by atoms with Crippen LogP contribution >= 0.6 is 0 Å². The molecule has 0 spiro atoms. The van der Waals surface area contributed by atoms with E-state index in [4.69, 9.17) is 9.47 Å². The van der Waals surface area contributed by atoms with Gasteiger partial charge in [0.2, 0.25) is 5.91 Å². The molecule has 1 saturated heterocycles. The number of aryl methyl sites for hydroxylation is 1. The van der Waals surface area contributed by atoms with Crippen molar-refractivity contribution < 1.29 is 19.4 Å². The summed E-state index contributed by atoms with van der Waals surface area (Å²) in [6.45, 7) is 3.25. The van der Waals surface area contributed by atoms with Crippen LogP contribution < -0.4 is 10.1 Å². The Morgan fingerprint density at radius 1 is 1.22 bits per heavy atom. The van der Waals surface area contributed by atoms with Gasteiger partial charge in [-0.2, -0.15) is 0 Å². The highest BCUT2D eigenvalue weighted by atomic mass is 16.5. The van der Waals surface area contributed by atoms with E-state index in [2.05, 4.69) is 5.32 Å². The van der Waals surface area contributed by atoms with E-state index in [0.29, 0.717) is 26.1 Å². The van der Waals surface area contributed by atoms with E-state index in [9.17, 15) is 9.90 Å². The van der Waals surface area contributed by atoms with Crippen LogP contribution in [0.25, 0.3) is 0 Å². The summed E-state index contributed by atoms with van der Waals surface area (Å²) >= 11 is 0. The highest BCUT2D eigenvalue weighted by molar-refractivity contribution is 5.88. The molecule has 1 aliphatic heterocycles. The number of benzene rings is 2. The van der Waals surface area contributed by atoms with Gasteiger partial charge in [-0.25, -0.2) is 0 Å². The second-order valence-electron chi connectivity index (χ2n) is 7.06. The molecule has 1 atom stereocenters. The van der Waals surface area contributed by atoms with Crippen LogP contribution in [0.1, 0.15) is 35.6 Å². The van der Waals surface area contributed by atoms with Gasteiger partial charge in [0.25, 0.3) is 0 Å². The molecule has 1 heterocycles. The minimum Gasteiger partial charge on any atom is -0.497 e. The molecule has 1 amide bonds. The number of nitrogens with one attached hydrogen (secondary N) is 1. The van der Waals surface area contributed by atoms with E-state index in [1.807, 2.05) is 55.5 Å². The quantitative estimate of drug-likeness (QED) is 0.822. The van der Waals surface area contributed by atoms with E-state index in [1.54, 1.807) is 7.11 Å². The lowest BCUT2D eigenvalue weighted by atomic mass is 9.73. The highest BCUT2D eigenvalue weighted by Crippen LogP contribution is 2.36. The van der Waals surface area contributed by atoms with Gasteiger partial charge in [-0.05, 0) is 43.0 Å². The van der Waals surface area contributed by atoms with Crippen LogP contribution in [0.5, 0.6) is 5.75 Å². The van der Waals surface area contributed by atoms with Crippen LogP contribution in [0, 0.1) is 6.92 Å². The van der Waals surface area contributed by atoms with Crippen molar-refractivity contribution in [2.45, 2.75) is 31.3 Å². The summed E-state index contributed by atoms with van der Waals surface area (Å²) < 4.78 is 10.7. The SMILES string of the molecule is COc1ccc(C2(C(=O)NCC(O)c3cccc(C)c3)CCOCC2)cc1. The van der Waals surface area contributed by atoms with E-state index < -0.39 is 11.5 Å². The van der Waals surface area contributed by atoms with Gasteiger partial charge < -0.3 is 19.9 Å². The Labute approximate surface area is 160 Å². The zero-order valence-corrected chi connectivity index (χ0v) is 15.9. The zero-order valence-electron chi connectivity index (χ0n) is 15.9. The van der Waals surface area contributed by atoms with Gasteiger partial charge in [0.15, 0.2) is 0 Å². The van der Waals surface area contributed by atoms with Gasteiger partial charge in [-0.15, -0.1) is 0 Å². The number of methoxy groups -OCH3 is 1. The van der Waals surface area contributed by atoms with E-state index in [0.717, 1.165) is 22.4 Å². The monoisotopic (exact) mass is 369 g/mol. The summed E-state index contributed by atoms with van der Waals surface area (Å²) in [5, 5.41) is 13.4. The Balaban J connectivity index is 1.75. The summed E-state index contributed by atoms with van der Waals surface area (Å²) in [6, 6.07) is 15.3. The van der Waals surface area contributed by atoms with Crippen molar-refractivity contribution in [1.29, 1.82) is 0 Å². The molecule has 1 unspecified atom stereocenters. The highest BCUT2D eigenvalue weighted by Gasteiger charge is 2.41. The first-order valence-electron chi connectivity index (χ1n) is 9.30. The number of carbonyl (C=O) groups is 1. The lowest BCUT2D eigenvalue weighted by Crippen LogP contribution is -2.48. The second kappa shape index (κ2) is 8.55. The topological polar surface area (TPSA) is 67.8 Å². The lowest BCUT2D eigenvalue weighted by molar-refractivity contribution is -0.131. The van der Waals surface area contributed by atoms with Gasteiger partial charge in [-0.1, -0.05) is 42.0 Å². The van der Waals surface area contributed by atoms with Crippen LogP contribution in [-0.4, -0.2) is 37.9 Å². The third-order valence-corrected chi connectivity index (χ3v) is 5.31. The maximum absolute atomic E-state index is 13.2. The normalized spacial score (nSPS) is 17.1. The smallest absolute Gasteiger partial charge is 0.230 e. The molecule has 0 saturated carbocycles. The Hall–Kier alpha value is -2.37. The van der Waals surface area contributed by atoms with Crippen LogP contribution in [-0.2, 0) is 14.9 Å². The number of carbonyl (C=O) groups excluding carboxylic acids is 1. The fourth-order valence-electron chi connectivity index (χ4n) is 3.63. The fraction of sp³-hybridized carbons (Fsp3) is 0.409. The average molecular weight is 369 g/mol. The summed E-state index contributed by atoms with van der Waals surface area (Å²) in [7, 11) is 1.62. The first kappa shape index (κ1) is 19.4. The number of aliphatic hydroxyl groups is 1. The molecule has 0 aliphatic carbocycles. The largest absolute Gasteiger partial charge is 0.497 e. The Kier molecular flexibility index (Phi) is 6.14. The summed E-state index contributed by atoms with van der Waals surface area (Å²) in [5.41, 5.74) is 2.20. The van der Waals surface area contributed by atoms with Gasteiger partial charge in [0.1, 0.15) is 5.75 Å². The van der Waals surface area contributed by atoms with Crippen LogP contribution in [0.4, 0.5) is 0 Å². The number of hydrogen-bond donors (Lipinski definition) is 2. The van der Waals surface area contributed by atoms with Crippen LogP contribution in [0.2, 0.25) is 0 Å². The molecule has 3 rings (SSSR count). The molecule has 0 bridgehead atoms. The summed E-state index contributed by atoms with van der Waals surface area (Å²) in [4.78, 5) is 13.2. The molecule has 0 radical (unpaired) electrons. The van der Waals surface area contributed by atoms with Crippen molar-refractivity contribution in [2.75, 3.05) is 26.9 Å². The molecule has 1 aliphatic rings. The molecule has 2 N–H and O–H groups in total. The molecule has 5 heteroatoms. The van der Waals surface area contributed by atoms with Gasteiger partial charge in [-0.3, -0.25) is 4.79 Å². The molecule has 1 fully saturated rings. The first-order chi connectivity index (χ1) is 13.0. The number of hydrogen-bond acceptors (Lipinski definition) is 4. The Bertz CT molecular complexity index is 766. The number of aliphatic hydroxyl groups excluding tert-OH is 1. The van der Waals surface area contributed by atoms with Crippen molar-refractivity contribution >= 4 is 5.91 Å². The minimum atomic E-state index is -0.735. The lowest BCUT2D eigenvalue weighted by Gasteiger charge is -2.36. The Morgan fingerprint density at radius 3 is 2.56 bits per heavy atom. The summed E-state index contributed by atoms with van der Waals surface area (Å²) in [6.07, 6.45) is 0.499. The van der Waals surface area contributed by atoms with E-state index >= 15 is 0 Å². The molecule has 2 aromatic carbocycles. The number of rotatable bonds is 6. The molecule has 2 aromatic rings. The number of ether oxygens (including phenoxy) is 2. The van der Waals surface area contributed by atoms with Crippen molar-refractivity contribution in [3.8, 4) is 5.75 Å². The molecule has 144 valence electrons. The predicted molar refractivity (Wildman–Crippen MR) is 104 cm³/mol. The van der Waals surface area contributed by atoms with Crippen molar-refractivity contribution in [3.63, 3.8) is 0 Å². The van der Waals surface area contributed by atoms with Crippen molar-refractivity contribution in [1.82, 2.24) is 5.32 Å². The maximum atomic E-state index is 13.2. The van der Waals surface area contributed by atoms with Crippen LogP contribution in [0.3, 0.4) is 0 Å². The second-order valence-corrected chi connectivity index (χ2v) is 7.06. The number of amides is 1. The average Bonchev–Trinajstić information content (AvgIpc) is 2.72. The van der Waals surface area contributed by atoms with Gasteiger partial charge in [0, 0.05) is 19.8 Å². The predicted octanol–water partition coefficient (Wildman–Crippen LogP) is 2.90. The van der Waals surface area contributed by atoms with Crippen LogP contribution in [0.15, 0.2) is 48.5 Å². The third-order valence-electron chi connectivity index (χ3n) is 5.31. The van der Waals surface area contributed by atoms with Crippen molar-refractivity contribution in [3.05, 3.63) is 65.2 Å². The fourth-order valence-corrected chi connectivity index (χ4v) is 3.63. The Morgan fingerprint density at radius 2 is 1.93 bits per heavy atom. The molecule has 0 aromatic heterocycles. The molecular formula is C22H27NO4. The zero-order chi connectivity index (χ0) is 19.3.